The molecule has 198 valence electrons. The third-order valence-electron chi connectivity index (χ3n) is 7.93. The maximum atomic E-state index is 14.3. The number of nitrogens with one attached hydrogen (secondary N) is 2. The average molecular weight is 563 g/mol. The van der Waals surface area contributed by atoms with Gasteiger partial charge in [0.1, 0.15) is 11.6 Å². The van der Waals surface area contributed by atoms with E-state index < -0.39 is 23.0 Å². The van der Waals surface area contributed by atoms with Gasteiger partial charge in [-0.3, -0.25) is 0 Å². The third-order valence-corrected chi connectivity index (χ3v) is 7.93. The molecule has 2 N–H and O–H groups in total. The molecule has 1 aromatic heterocycles. The molecule has 1 saturated carbocycles. The molecule has 3 aromatic carbocycles. The summed E-state index contributed by atoms with van der Waals surface area (Å²) in [5.74, 6) is -0.860. The van der Waals surface area contributed by atoms with Gasteiger partial charge in [0.2, 0.25) is 0 Å². The van der Waals surface area contributed by atoms with E-state index >= 15 is 0 Å². The molecule has 4 aromatic rings. The van der Waals surface area contributed by atoms with Crippen LogP contribution in [0.15, 0.2) is 60.7 Å². The van der Waals surface area contributed by atoms with Gasteiger partial charge in [0.25, 0.3) is 0 Å². The van der Waals surface area contributed by atoms with E-state index in [0.29, 0.717) is 11.4 Å². The van der Waals surface area contributed by atoms with Gasteiger partial charge in [-0.2, -0.15) is 18.4 Å². The number of nitriles is 1. The fourth-order valence-electron chi connectivity index (χ4n) is 6.09. The van der Waals surface area contributed by atoms with E-state index in [0.717, 1.165) is 61.2 Å². The SMILES string of the molecule is Cl.Cl.N#Cc1cc(-c2ccccc2)ccc1C1(c2nc3cc(F)c(C(F)(F)F)cc3[nH]2)CC12CCNCC2. The van der Waals surface area contributed by atoms with Crippen molar-refractivity contribution in [1.82, 2.24) is 15.3 Å². The highest BCUT2D eigenvalue weighted by atomic mass is 35.5. The van der Waals surface area contributed by atoms with Crippen LogP contribution in [0.2, 0.25) is 0 Å². The summed E-state index contributed by atoms with van der Waals surface area (Å²) < 4.78 is 54.3. The second kappa shape index (κ2) is 9.88. The van der Waals surface area contributed by atoms with E-state index in [1.54, 1.807) is 0 Å². The number of H-pyrrole nitrogens is 1. The van der Waals surface area contributed by atoms with Crippen LogP contribution in [0.25, 0.3) is 22.2 Å². The van der Waals surface area contributed by atoms with Crippen molar-refractivity contribution in [1.29, 1.82) is 5.26 Å². The summed E-state index contributed by atoms with van der Waals surface area (Å²) in [6.07, 6.45) is -2.40. The first-order valence-corrected chi connectivity index (χ1v) is 11.9. The molecule has 38 heavy (non-hydrogen) atoms. The minimum Gasteiger partial charge on any atom is -0.341 e. The van der Waals surface area contributed by atoms with Crippen molar-refractivity contribution < 1.29 is 17.6 Å². The summed E-state index contributed by atoms with van der Waals surface area (Å²) in [4.78, 5) is 7.72. The quantitative estimate of drug-likeness (QED) is 0.260. The Bertz CT molecular complexity index is 1520. The number of hydrogen-bond donors (Lipinski definition) is 2. The Hall–Kier alpha value is -3.12. The van der Waals surface area contributed by atoms with Gasteiger partial charge < -0.3 is 10.3 Å². The molecule has 2 fully saturated rings. The number of hydrogen-bond acceptors (Lipinski definition) is 3. The zero-order chi connectivity index (χ0) is 25.1. The van der Waals surface area contributed by atoms with Crippen LogP contribution in [0.5, 0.6) is 0 Å². The number of aromatic amines is 1. The minimum absolute atomic E-state index is 0. The van der Waals surface area contributed by atoms with Crippen LogP contribution < -0.4 is 5.32 Å². The molecule has 1 unspecified atom stereocenters. The van der Waals surface area contributed by atoms with Gasteiger partial charge in [-0.05, 0) is 66.6 Å². The molecule has 10 heteroatoms. The highest BCUT2D eigenvalue weighted by molar-refractivity contribution is 5.85. The molecule has 6 rings (SSSR count). The van der Waals surface area contributed by atoms with Crippen LogP contribution in [-0.2, 0) is 11.6 Å². The van der Waals surface area contributed by atoms with Crippen molar-refractivity contribution in [2.75, 3.05) is 13.1 Å². The molecule has 1 aliphatic carbocycles. The Balaban J connectivity index is 0.00000168. The van der Waals surface area contributed by atoms with Gasteiger partial charge >= 0.3 is 6.18 Å². The zero-order valence-electron chi connectivity index (χ0n) is 20.0. The van der Waals surface area contributed by atoms with Crippen LogP contribution in [0.3, 0.4) is 0 Å². The largest absolute Gasteiger partial charge is 0.419 e. The van der Waals surface area contributed by atoms with Crippen molar-refractivity contribution in [3.8, 4) is 17.2 Å². The van der Waals surface area contributed by atoms with Crippen LogP contribution in [0.1, 0.15) is 41.8 Å². The lowest BCUT2D eigenvalue weighted by atomic mass is 9.78. The maximum Gasteiger partial charge on any atom is 0.419 e. The van der Waals surface area contributed by atoms with Gasteiger partial charge in [-0.25, -0.2) is 9.37 Å². The fraction of sp³-hybridized carbons (Fsp3) is 0.286. The van der Waals surface area contributed by atoms with Gasteiger partial charge in [-0.15, -0.1) is 24.8 Å². The molecule has 1 spiro atoms. The second-order valence-corrected chi connectivity index (χ2v) is 9.78. The number of nitrogens with zero attached hydrogens (tertiary/aromatic N) is 2. The number of benzene rings is 3. The summed E-state index contributed by atoms with van der Waals surface area (Å²) in [6, 6.07) is 19.5. The molecule has 1 aliphatic heterocycles. The molecule has 1 saturated heterocycles. The highest BCUT2D eigenvalue weighted by Gasteiger charge is 2.70. The normalized spacial score (nSPS) is 19.9. The number of alkyl halides is 3. The Kier molecular flexibility index (Phi) is 7.26. The second-order valence-electron chi connectivity index (χ2n) is 9.78. The van der Waals surface area contributed by atoms with E-state index in [4.69, 9.17) is 0 Å². The van der Waals surface area contributed by atoms with E-state index in [9.17, 15) is 22.8 Å². The van der Waals surface area contributed by atoms with Crippen LogP contribution in [-0.4, -0.2) is 23.1 Å². The van der Waals surface area contributed by atoms with Gasteiger partial charge in [0.15, 0.2) is 0 Å². The lowest BCUT2D eigenvalue weighted by Crippen LogP contribution is -2.34. The van der Waals surface area contributed by atoms with E-state index in [-0.39, 0.29) is 41.3 Å². The Morgan fingerprint density at radius 1 is 0.921 bits per heavy atom. The number of halogens is 6. The van der Waals surface area contributed by atoms with Crippen molar-refractivity contribution in [2.24, 2.45) is 5.41 Å². The smallest absolute Gasteiger partial charge is 0.341 e. The standard InChI is InChI=1S/C28H22F4N4.2ClH/c29-22-14-24-23(13-21(22)28(30,31)32)35-25(36-24)27(16-26(27)8-10-34-11-9-26)20-7-6-18(12-19(20)15-33)17-4-2-1-3-5-17;;/h1-7,12-14,34H,8-11,16H2,(H,35,36);2*1H. The first kappa shape index (κ1) is 27.9. The Labute approximate surface area is 229 Å². The number of fused-ring (bicyclic) bond motifs is 1. The average Bonchev–Trinajstić information content (AvgIpc) is 3.30. The van der Waals surface area contributed by atoms with Crippen molar-refractivity contribution in [2.45, 2.75) is 30.9 Å². The summed E-state index contributed by atoms with van der Waals surface area (Å²) >= 11 is 0. The van der Waals surface area contributed by atoms with Gasteiger partial charge in [0, 0.05) is 6.07 Å². The molecular weight excluding hydrogens is 539 g/mol. The van der Waals surface area contributed by atoms with Gasteiger partial charge in [-0.1, -0.05) is 42.5 Å². The predicted molar refractivity (Wildman–Crippen MR) is 142 cm³/mol. The molecule has 0 amide bonds. The van der Waals surface area contributed by atoms with Crippen molar-refractivity contribution in [3.05, 3.63) is 89.0 Å². The summed E-state index contributed by atoms with van der Waals surface area (Å²) in [5.41, 5.74) is 1.32. The zero-order valence-corrected chi connectivity index (χ0v) is 21.7. The first-order chi connectivity index (χ1) is 17.3. The van der Waals surface area contributed by atoms with E-state index in [2.05, 4.69) is 21.4 Å². The van der Waals surface area contributed by atoms with Gasteiger partial charge in [0.05, 0.1) is 33.6 Å². The Morgan fingerprint density at radius 2 is 1.63 bits per heavy atom. The van der Waals surface area contributed by atoms with E-state index in [1.165, 1.54) is 0 Å². The number of piperidine rings is 1. The van der Waals surface area contributed by atoms with E-state index in [1.807, 2.05) is 48.5 Å². The number of rotatable bonds is 3. The molecular formula is C28H24Cl2F4N4. The summed E-state index contributed by atoms with van der Waals surface area (Å²) in [7, 11) is 0. The number of imidazole rings is 1. The minimum atomic E-state index is -4.81. The van der Waals surface area contributed by atoms with Crippen molar-refractivity contribution in [3.63, 3.8) is 0 Å². The monoisotopic (exact) mass is 562 g/mol. The van der Waals surface area contributed by atoms with Crippen LogP contribution in [0.4, 0.5) is 17.6 Å². The van der Waals surface area contributed by atoms with Crippen molar-refractivity contribution >= 4 is 35.8 Å². The van der Waals surface area contributed by atoms with Crippen LogP contribution >= 0.6 is 24.8 Å². The lowest BCUT2D eigenvalue weighted by molar-refractivity contribution is -0.139. The third kappa shape index (κ3) is 4.23. The molecule has 1 atom stereocenters. The highest BCUT2D eigenvalue weighted by Crippen LogP contribution is 2.72. The fourth-order valence-corrected chi connectivity index (χ4v) is 6.09. The van der Waals surface area contributed by atoms with Crippen LogP contribution in [0, 0.1) is 22.6 Å². The molecule has 2 aliphatic rings. The predicted octanol–water partition coefficient (Wildman–Crippen LogP) is 7.16. The maximum absolute atomic E-state index is 14.3. The summed E-state index contributed by atoms with van der Waals surface area (Å²) in [6.45, 7) is 1.61. The lowest BCUT2D eigenvalue weighted by Gasteiger charge is -2.30. The molecule has 2 heterocycles. The summed E-state index contributed by atoms with van der Waals surface area (Å²) in [5, 5.41) is 13.5. The molecule has 0 bridgehead atoms. The first-order valence-electron chi connectivity index (χ1n) is 11.9. The molecule has 0 radical (unpaired) electrons. The number of aromatic nitrogens is 2. The Morgan fingerprint density at radius 3 is 2.29 bits per heavy atom. The molecule has 4 nitrogen and oxygen atoms in total. The topological polar surface area (TPSA) is 64.5 Å².